The van der Waals surface area contributed by atoms with Crippen LogP contribution in [0.1, 0.15) is 87.1 Å². The van der Waals surface area contributed by atoms with Gasteiger partial charge in [-0.25, -0.2) is 13.9 Å². The maximum Gasteiger partial charge on any atom is 0.478 e. The fraction of sp³-hybridized carbons (Fsp3) is 0.679. The molecule has 0 atom stereocenters. The molecule has 0 radical (unpaired) electrons. The van der Waals surface area contributed by atoms with E-state index in [2.05, 4.69) is 0 Å². The lowest BCUT2D eigenvalue weighted by Crippen LogP contribution is -2.36. The lowest BCUT2D eigenvalue weighted by atomic mass is 10.2. The molecule has 0 saturated carbocycles. The number of hydrogen-bond donors (Lipinski definition) is 0. The van der Waals surface area contributed by atoms with E-state index in [1.54, 1.807) is 62.3 Å². The molecule has 0 saturated heterocycles. The first-order valence-electron chi connectivity index (χ1n) is 13.3. The number of nitrogens with zero attached hydrogens (tertiary/aromatic N) is 1. The highest BCUT2D eigenvalue weighted by atomic mass is 31.2. The highest BCUT2D eigenvalue weighted by molar-refractivity contribution is 7.48. The van der Waals surface area contributed by atoms with Crippen molar-refractivity contribution in [3.8, 4) is 0 Å². The van der Waals surface area contributed by atoms with Gasteiger partial charge >= 0.3 is 25.9 Å². The molecule has 0 aliphatic rings. The number of rotatable bonds is 14. The van der Waals surface area contributed by atoms with Crippen LogP contribution >= 0.6 is 7.82 Å². The Bertz CT molecular complexity index is 973. The summed E-state index contributed by atoms with van der Waals surface area (Å²) in [4.78, 5) is 38.5. The smallest absolute Gasteiger partial charge is 0.461 e. The number of esters is 2. The number of carbonyl (C=O) groups is 3. The molecule has 1 amide bonds. The minimum absolute atomic E-state index is 0.0263. The Morgan fingerprint density at radius 2 is 1.32 bits per heavy atom. The zero-order valence-electron chi connectivity index (χ0n) is 25.3. The number of benzene rings is 1. The summed E-state index contributed by atoms with van der Waals surface area (Å²) in [5.41, 5.74) is -1.54. The van der Waals surface area contributed by atoms with Crippen LogP contribution in [0, 0.1) is 0 Å². The van der Waals surface area contributed by atoms with Crippen molar-refractivity contribution in [3.63, 3.8) is 0 Å². The minimum Gasteiger partial charge on any atom is -0.461 e. The molecule has 1 aromatic rings. The van der Waals surface area contributed by atoms with Crippen LogP contribution in [0.2, 0.25) is 0 Å². The largest absolute Gasteiger partial charge is 0.478 e. The van der Waals surface area contributed by atoms with Crippen molar-refractivity contribution in [1.29, 1.82) is 0 Å². The van der Waals surface area contributed by atoms with E-state index in [9.17, 15) is 18.9 Å². The van der Waals surface area contributed by atoms with E-state index in [1.807, 2.05) is 30.3 Å². The maximum absolute atomic E-state index is 13.2. The van der Waals surface area contributed by atoms with E-state index >= 15 is 0 Å². The monoisotopic (exact) mass is 587 g/mol. The number of hydrogen-bond acceptors (Lipinski definition) is 10. The van der Waals surface area contributed by atoms with Crippen LogP contribution < -0.4 is 0 Å². The third-order valence-electron chi connectivity index (χ3n) is 4.48. The van der Waals surface area contributed by atoms with Crippen LogP contribution in [0.25, 0.3) is 0 Å². The molecule has 11 nitrogen and oxygen atoms in total. The molecule has 0 aliphatic carbocycles. The third kappa shape index (κ3) is 17.3. The van der Waals surface area contributed by atoms with Crippen molar-refractivity contribution in [2.24, 2.45) is 0 Å². The van der Waals surface area contributed by atoms with E-state index in [-0.39, 0.29) is 39.0 Å². The Balaban J connectivity index is 2.76. The van der Waals surface area contributed by atoms with Gasteiger partial charge in [-0.3, -0.25) is 18.6 Å². The molecule has 0 N–H and O–H groups in total. The Morgan fingerprint density at radius 3 is 1.85 bits per heavy atom. The van der Waals surface area contributed by atoms with Gasteiger partial charge in [-0.1, -0.05) is 30.3 Å². The molecule has 0 heterocycles. The van der Waals surface area contributed by atoms with Crippen molar-refractivity contribution in [1.82, 2.24) is 4.90 Å². The second kappa shape index (κ2) is 15.5. The molecule has 40 heavy (non-hydrogen) atoms. The number of ether oxygens (including phenoxy) is 3. The third-order valence-corrected chi connectivity index (χ3v) is 6.44. The van der Waals surface area contributed by atoms with Crippen LogP contribution in [-0.2, 0) is 48.5 Å². The molecule has 0 aromatic heterocycles. The molecule has 0 fully saturated rings. The van der Waals surface area contributed by atoms with E-state index in [0.29, 0.717) is 0 Å². The average Bonchev–Trinajstić information content (AvgIpc) is 2.76. The van der Waals surface area contributed by atoms with Gasteiger partial charge in [0.05, 0.1) is 17.6 Å². The molecule has 1 rings (SSSR count). The minimum atomic E-state index is -4.10. The molecule has 228 valence electrons. The van der Waals surface area contributed by atoms with Crippen molar-refractivity contribution in [3.05, 3.63) is 35.9 Å². The molecule has 12 heteroatoms. The first-order valence-corrected chi connectivity index (χ1v) is 14.7. The summed E-state index contributed by atoms with van der Waals surface area (Å²) < 4.78 is 45.3. The Kier molecular flexibility index (Phi) is 13.8. The molecule has 0 unspecified atom stereocenters. The van der Waals surface area contributed by atoms with Crippen LogP contribution in [0.5, 0.6) is 0 Å². The topological polar surface area (TPSA) is 127 Å². The lowest BCUT2D eigenvalue weighted by molar-refractivity contribution is -0.155. The van der Waals surface area contributed by atoms with Gasteiger partial charge in [0.2, 0.25) is 6.79 Å². The van der Waals surface area contributed by atoms with Crippen LogP contribution in [0.4, 0.5) is 4.79 Å². The van der Waals surface area contributed by atoms with Gasteiger partial charge in [-0.05, 0) is 74.3 Å². The summed E-state index contributed by atoms with van der Waals surface area (Å²) >= 11 is 0. The first kappa shape index (κ1) is 35.6. The van der Waals surface area contributed by atoms with Gasteiger partial charge in [0.15, 0.2) is 0 Å². The second-order valence-electron chi connectivity index (χ2n) is 12.1. The van der Waals surface area contributed by atoms with Crippen molar-refractivity contribution < 1.29 is 46.7 Å². The second-order valence-corrected chi connectivity index (χ2v) is 13.6. The highest BCUT2D eigenvalue weighted by Gasteiger charge is 2.37. The van der Waals surface area contributed by atoms with Gasteiger partial charge in [-0.15, -0.1) is 0 Å². The fourth-order valence-corrected chi connectivity index (χ4v) is 4.78. The quantitative estimate of drug-likeness (QED) is 0.104. The van der Waals surface area contributed by atoms with Crippen LogP contribution in [0.3, 0.4) is 0 Å². The highest BCUT2D eigenvalue weighted by Crippen LogP contribution is 2.55. The average molecular weight is 588 g/mol. The van der Waals surface area contributed by atoms with Gasteiger partial charge in [0.25, 0.3) is 0 Å². The first-order chi connectivity index (χ1) is 18.3. The summed E-state index contributed by atoms with van der Waals surface area (Å²) in [5, 5.41) is 0. The molecule has 1 aromatic carbocycles. The normalized spacial score (nSPS) is 12.5. The Labute approximate surface area is 238 Å². The van der Waals surface area contributed by atoms with Gasteiger partial charge < -0.3 is 19.1 Å². The van der Waals surface area contributed by atoms with E-state index in [0.717, 1.165) is 5.56 Å². The van der Waals surface area contributed by atoms with E-state index < -0.39 is 49.5 Å². The Hall–Kier alpha value is -2.46. The predicted octanol–water partition coefficient (Wildman–Crippen LogP) is 6.39. The summed E-state index contributed by atoms with van der Waals surface area (Å²) in [6.07, 6.45) is -0.617. The van der Waals surface area contributed by atoms with Crippen molar-refractivity contribution >= 4 is 25.9 Å². The zero-order valence-corrected chi connectivity index (χ0v) is 26.2. The maximum atomic E-state index is 13.2. The Morgan fingerprint density at radius 1 is 0.750 bits per heavy atom. The number of carbonyl (C=O) groups excluding carboxylic acids is 3. The van der Waals surface area contributed by atoms with Gasteiger partial charge in [0, 0.05) is 19.5 Å². The SMILES string of the molecule is CC(C)(C)OC(=O)CCN(CCCC(=O)OCc1ccccc1)C(=O)OCOP(=O)(OC(C)(C)C)OC(C)(C)C. The van der Waals surface area contributed by atoms with Gasteiger partial charge in [0.1, 0.15) is 12.2 Å². The fourth-order valence-electron chi connectivity index (χ4n) is 3.11. The number of phosphoric ester groups is 1. The summed E-state index contributed by atoms with van der Waals surface area (Å²) in [6.45, 7) is 14.8. The molecule has 0 spiro atoms. The van der Waals surface area contributed by atoms with Crippen LogP contribution in [-0.4, -0.2) is 59.6 Å². The summed E-state index contributed by atoms with van der Waals surface area (Å²) in [7, 11) is -4.10. The predicted molar refractivity (Wildman–Crippen MR) is 149 cm³/mol. The zero-order chi connectivity index (χ0) is 30.6. The standard InChI is InChI=1S/C28H46NO10P/c1-26(2,3)37-24(31)17-19-29(18-13-16-23(30)34-20-22-14-11-10-12-15-22)25(32)35-21-36-40(33,38-27(4,5)6)39-28(7,8)9/h10-12,14-15H,13,16-21H2,1-9H3. The van der Waals surface area contributed by atoms with Crippen LogP contribution in [0.15, 0.2) is 30.3 Å². The molecule has 0 bridgehead atoms. The van der Waals surface area contributed by atoms with E-state index in [4.69, 9.17) is 27.8 Å². The summed E-state index contributed by atoms with van der Waals surface area (Å²) in [6, 6.07) is 9.27. The molecular formula is C28H46NO10P. The summed E-state index contributed by atoms with van der Waals surface area (Å²) in [5.74, 6) is -0.919. The number of phosphoric acid groups is 1. The lowest BCUT2D eigenvalue weighted by Gasteiger charge is -2.30. The van der Waals surface area contributed by atoms with Crippen molar-refractivity contribution in [2.45, 2.75) is 105 Å². The van der Waals surface area contributed by atoms with E-state index in [1.165, 1.54) is 4.90 Å². The molecule has 0 aliphatic heterocycles. The molecular weight excluding hydrogens is 541 g/mol. The van der Waals surface area contributed by atoms with Crippen molar-refractivity contribution in [2.75, 3.05) is 19.9 Å². The number of amides is 1. The van der Waals surface area contributed by atoms with Gasteiger partial charge in [-0.2, -0.15) is 0 Å².